The number of nitrogens with two attached hydrogens (primary N) is 1. The number of hydrogen-bond acceptors (Lipinski definition) is 4. The van der Waals surface area contributed by atoms with Gasteiger partial charge in [-0.2, -0.15) is 0 Å². The van der Waals surface area contributed by atoms with Gasteiger partial charge in [-0.1, -0.05) is 6.42 Å². The van der Waals surface area contributed by atoms with Crippen molar-refractivity contribution in [1.82, 2.24) is 4.98 Å². The Hall–Kier alpha value is -0.740. The molecule has 92 valence electrons. The smallest absolute Gasteiger partial charge is 0.182 e. The van der Waals surface area contributed by atoms with Gasteiger partial charge in [-0.25, -0.2) is 4.98 Å². The first-order valence-electron chi connectivity index (χ1n) is 6.44. The summed E-state index contributed by atoms with van der Waals surface area (Å²) in [6, 6.07) is 0. The first-order valence-corrected chi connectivity index (χ1v) is 7.32. The minimum Gasteiger partial charge on any atom is -0.325 e. The molecule has 2 N–H and O–H groups in total. The van der Waals surface area contributed by atoms with Crippen molar-refractivity contribution in [1.29, 1.82) is 0 Å². The largest absolute Gasteiger partial charge is 0.325 e. The highest BCUT2D eigenvalue weighted by Gasteiger charge is 2.40. The Bertz CT molecular complexity index is 429. The van der Waals surface area contributed by atoms with Crippen LogP contribution in [0.4, 0.5) is 0 Å². The summed E-state index contributed by atoms with van der Waals surface area (Å²) in [7, 11) is 0. The SMILES string of the molecule is NCc1nc(C(=O)CC2CC3CCC2C3)cs1. The lowest BCUT2D eigenvalue weighted by molar-refractivity contribution is 0.0940. The molecular formula is C13H18N2OS. The van der Waals surface area contributed by atoms with E-state index in [9.17, 15) is 4.79 Å². The highest BCUT2D eigenvalue weighted by molar-refractivity contribution is 7.09. The number of rotatable bonds is 4. The van der Waals surface area contributed by atoms with E-state index in [1.807, 2.05) is 5.38 Å². The normalized spacial score (nSPS) is 31.0. The predicted molar refractivity (Wildman–Crippen MR) is 67.9 cm³/mol. The quantitative estimate of drug-likeness (QED) is 0.836. The summed E-state index contributed by atoms with van der Waals surface area (Å²) in [6.07, 6.45) is 6.07. The summed E-state index contributed by atoms with van der Waals surface area (Å²) in [5.74, 6) is 2.58. The van der Waals surface area contributed by atoms with Crippen LogP contribution in [0.15, 0.2) is 5.38 Å². The summed E-state index contributed by atoms with van der Waals surface area (Å²) >= 11 is 1.49. The van der Waals surface area contributed by atoms with E-state index in [-0.39, 0.29) is 5.78 Å². The molecule has 1 aromatic heterocycles. The van der Waals surface area contributed by atoms with Gasteiger partial charge in [-0.15, -0.1) is 11.3 Å². The fourth-order valence-corrected chi connectivity index (χ4v) is 4.18. The minimum absolute atomic E-state index is 0.221. The third kappa shape index (κ3) is 2.16. The topological polar surface area (TPSA) is 56.0 Å². The summed E-state index contributed by atoms with van der Waals surface area (Å²) < 4.78 is 0. The molecule has 0 saturated heterocycles. The van der Waals surface area contributed by atoms with Crippen molar-refractivity contribution in [2.45, 2.75) is 38.6 Å². The molecule has 1 aromatic rings. The lowest BCUT2D eigenvalue weighted by Crippen LogP contribution is -2.15. The van der Waals surface area contributed by atoms with Crippen LogP contribution in [0.5, 0.6) is 0 Å². The zero-order chi connectivity index (χ0) is 11.8. The Morgan fingerprint density at radius 3 is 2.94 bits per heavy atom. The fourth-order valence-electron chi connectivity index (χ4n) is 3.50. The molecule has 3 unspecified atom stereocenters. The van der Waals surface area contributed by atoms with Crippen LogP contribution >= 0.6 is 11.3 Å². The number of ketones is 1. The van der Waals surface area contributed by atoms with E-state index in [1.165, 1.54) is 37.0 Å². The Morgan fingerprint density at radius 2 is 2.35 bits per heavy atom. The monoisotopic (exact) mass is 250 g/mol. The zero-order valence-corrected chi connectivity index (χ0v) is 10.7. The van der Waals surface area contributed by atoms with Crippen LogP contribution in [0, 0.1) is 17.8 Å². The third-order valence-electron chi connectivity index (χ3n) is 4.34. The second-order valence-corrected chi connectivity index (χ2v) is 6.34. The van der Waals surface area contributed by atoms with Crippen LogP contribution in [-0.2, 0) is 6.54 Å². The molecule has 2 bridgehead atoms. The number of aromatic nitrogens is 1. The second kappa shape index (κ2) is 4.50. The average Bonchev–Trinajstić information content (AvgIpc) is 3.04. The van der Waals surface area contributed by atoms with Crippen LogP contribution < -0.4 is 5.73 Å². The summed E-state index contributed by atoms with van der Waals surface area (Å²) in [4.78, 5) is 16.4. The van der Waals surface area contributed by atoms with E-state index in [2.05, 4.69) is 4.98 Å². The van der Waals surface area contributed by atoms with Crippen molar-refractivity contribution >= 4 is 17.1 Å². The van der Waals surface area contributed by atoms with Crippen molar-refractivity contribution in [2.75, 3.05) is 0 Å². The average molecular weight is 250 g/mol. The van der Waals surface area contributed by atoms with Gasteiger partial charge in [0.25, 0.3) is 0 Å². The lowest BCUT2D eigenvalue weighted by Gasteiger charge is -2.20. The van der Waals surface area contributed by atoms with Gasteiger partial charge in [0.2, 0.25) is 0 Å². The van der Waals surface area contributed by atoms with Crippen LogP contribution in [0.2, 0.25) is 0 Å². The van der Waals surface area contributed by atoms with Gasteiger partial charge >= 0.3 is 0 Å². The maximum absolute atomic E-state index is 12.1. The van der Waals surface area contributed by atoms with Crippen molar-refractivity contribution in [3.05, 3.63) is 16.1 Å². The predicted octanol–water partition coefficient (Wildman–Crippen LogP) is 2.61. The van der Waals surface area contributed by atoms with Crippen molar-refractivity contribution in [3.8, 4) is 0 Å². The molecule has 0 amide bonds. The molecule has 0 spiro atoms. The molecule has 2 aliphatic rings. The molecule has 2 fully saturated rings. The summed E-state index contributed by atoms with van der Waals surface area (Å²) in [6.45, 7) is 0.437. The molecule has 3 nitrogen and oxygen atoms in total. The fraction of sp³-hybridized carbons (Fsp3) is 0.692. The first-order chi connectivity index (χ1) is 8.26. The second-order valence-electron chi connectivity index (χ2n) is 5.39. The number of fused-ring (bicyclic) bond motifs is 2. The Balaban J connectivity index is 1.63. The zero-order valence-electron chi connectivity index (χ0n) is 9.89. The van der Waals surface area contributed by atoms with Gasteiger partial charge in [-0.05, 0) is 37.0 Å². The van der Waals surface area contributed by atoms with Crippen molar-refractivity contribution < 1.29 is 4.79 Å². The molecule has 0 aliphatic heterocycles. The van der Waals surface area contributed by atoms with Gasteiger partial charge < -0.3 is 5.73 Å². The molecular weight excluding hydrogens is 232 g/mol. The van der Waals surface area contributed by atoms with E-state index in [0.717, 1.165) is 16.8 Å². The summed E-state index contributed by atoms with van der Waals surface area (Å²) in [5, 5.41) is 2.72. The van der Waals surface area contributed by atoms with Crippen molar-refractivity contribution in [2.24, 2.45) is 23.5 Å². The molecule has 2 saturated carbocycles. The highest BCUT2D eigenvalue weighted by Crippen LogP contribution is 2.49. The van der Waals surface area contributed by atoms with E-state index in [1.54, 1.807) is 0 Å². The molecule has 2 aliphatic carbocycles. The highest BCUT2D eigenvalue weighted by atomic mass is 32.1. The maximum Gasteiger partial charge on any atom is 0.182 e. The number of hydrogen-bond donors (Lipinski definition) is 1. The molecule has 4 heteroatoms. The third-order valence-corrected chi connectivity index (χ3v) is 5.22. The van der Waals surface area contributed by atoms with E-state index in [4.69, 9.17) is 5.73 Å². The molecule has 17 heavy (non-hydrogen) atoms. The number of carbonyl (C=O) groups is 1. The molecule has 3 rings (SSSR count). The van der Waals surface area contributed by atoms with E-state index in [0.29, 0.717) is 24.6 Å². The number of Topliss-reactive ketones (excluding diaryl/α,β-unsaturated/α-hetero) is 1. The minimum atomic E-state index is 0.221. The Labute approximate surface area is 105 Å². The van der Waals surface area contributed by atoms with Crippen LogP contribution in [-0.4, -0.2) is 10.8 Å². The van der Waals surface area contributed by atoms with Gasteiger partial charge in [-0.3, -0.25) is 4.79 Å². The number of nitrogens with zero attached hydrogens (tertiary/aromatic N) is 1. The molecule has 3 atom stereocenters. The molecule has 1 heterocycles. The van der Waals surface area contributed by atoms with Gasteiger partial charge in [0, 0.05) is 18.3 Å². The van der Waals surface area contributed by atoms with Crippen LogP contribution in [0.1, 0.15) is 47.6 Å². The maximum atomic E-state index is 12.1. The van der Waals surface area contributed by atoms with Crippen LogP contribution in [0.25, 0.3) is 0 Å². The Morgan fingerprint density at radius 1 is 1.47 bits per heavy atom. The molecule has 0 aromatic carbocycles. The van der Waals surface area contributed by atoms with Crippen molar-refractivity contribution in [3.63, 3.8) is 0 Å². The Kier molecular flexibility index (Phi) is 3.01. The van der Waals surface area contributed by atoms with Gasteiger partial charge in [0.15, 0.2) is 5.78 Å². The first kappa shape index (κ1) is 11.4. The van der Waals surface area contributed by atoms with Crippen LogP contribution in [0.3, 0.4) is 0 Å². The number of carbonyl (C=O) groups excluding carboxylic acids is 1. The number of thiazole rings is 1. The lowest BCUT2D eigenvalue weighted by atomic mass is 9.85. The molecule has 0 radical (unpaired) electrons. The van der Waals surface area contributed by atoms with E-state index >= 15 is 0 Å². The standard InChI is InChI=1S/C13H18N2OS/c14-6-13-15-11(7-17-13)12(16)5-10-4-8-1-2-9(10)3-8/h7-10H,1-6,14H2. The van der Waals surface area contributed by atoms with Gasteiger partial charge in [0.05, 0.1) is 0 Å². The van der Waals surface area contributed by atoms with Gasteiger partial charge in [0.1, 0.15) is 10.7 Å². The summed E-state index contributed by atoms with van der Waals surface area (Å²) in [5.41, 5.74) is 6.15. The van der Waals surface area contributed by atoms with E-state index < -0.39 is 0 Å².